The number of aromatic nitrogens is 2. The second-order valence-electron chi connectivity index (χ2n) is 5.75. The van der Waals surface area contributed by atoms with Crippen molar-refractivity contribution in [1.29, 1.82) is 0 Å². The smallest absolute Gasteiger partial charge is 0.333 e. The Labute approximate surface area is 136 Å². The molecule has 120 valence electrons. The summed E-state index contributed by atoms with van der Waals surface area (Å²) in [6.07, 6.45) is 8.33. The van der Waals surface area contributed by atoms with E-state index >= 15 is 0 Å². The molecule has 0 bridgehead atoms. The average Bonchev–Trinajstić information content (AvgIpc) is 3.10. The molecule has 0 unspecified atom stereocenters. The van der Waals surface area contributed by atoms with Crippen LogP contribution >= 0.6 is 0 Å². The summed E-state index contributed by atoms with van der Waals surface area (Å²) in [7, 11) is 1.82. The van der Waals surface area contributed by atoms with Gasteiger partial charge >= 0.3 is 5.69 Å². The zero-order valence-corrected chi connectivity index (χ0v) is 14.0. The number of benzene rings is 1. The molecule has 1 N–H and O–H groups in total. The molecule has 1 aromatic carbocycles. The fourth-order valence-corrected chi connectivity index (χ4v) is 3.14. The van der Waals surface area contributed by atoms with Crippen molar-refractivity contribution < 1.29 is 0 Å². The van der Waals surface area contributed by atoms with Crippen molar-refractivity contribution in [2.24, 2.45) is 7.05 Å². The van der Waals surface area contributed by atoms with Crippen LogP contribution in [0.3, 0.4) is 0 Å². The molecular formula is C19H23N3O. The highest BCUT2D eigenvalue weighted by Crippen LogP contribution is 2.23. The molecule has 3 rings (SSSR count). The van der Waals surface area contributed by atoms with Crippen LogP contribution in [0.15, 0.2) is 58.6 Å². The van der Waals surface area contributed by atoms with Crippen LogP contribution in [0.2, 0.25) is 0 Å². The van der Waals surface area contributed by atoms with Crippen molar-refractivity contribution in [3.63, 3.8) is 0 Å². The van der Waals surface area contributed by atoms with Gasteiger partial charge in [-0.25, -0.2) is 4.79 Å². The molecule has 2 aromatic rings. The van der Waals surface area contributed by atoms with Gasteiger partial charge in [-0.3, -0.25) is 9.13 Å². The largest absolute Gasteiger partial charge is 0.385 e. The minimum atomic E-state index is -0.0110. The maximum absolute atomic E-state index is 12.7. The van der Waals surface area contributed by atoms with Crippen LogP contribution in [0.1, 0.15) is 26.7 Å². The Bertz CT molecular complexity index is 878. The average molecular weight is 309 g/mol. The van der Waals surface area contributed by atoms with E-state index in [1.54, 1.807) is 9.13 Å². The molecule has 0 amide bonds. The lowest BCUT2D eigenvalue weighted by Crippen LogP contribution is -2.21. The normalized spacial score (nSPS) is 19.0. The highest BCUT2D eigenvalue weighted by molar-refractivity contribution is 5.81. The van der Waals surface area contributed by atoms with Gasteiger partial charge in [0.25, 0.3) is 0 Å². The van der Waals surface area contributed by atoms with Crippen molar-refractivity contribution in [2.75, 3.05) is 6.54 Å². The lowest BCUT2D eigenvalue weighted by Gasteiger charge is -2.07. The second-order valence-corrected chi connectivity index (χ2v) is 5.75. The first-order valence-corrected chi connectivity index (χ1v) is 8.15. The maximum atomic E-state index is 12.7. The van der Waals surface area contributed by atoms with Crippen molar-refractivity contribution in [1.82, 2.24) is 14.5 Å². The first-order chi connectivity index (χ1) is 11.2. The highest BCUT2D eigenvalue weighted by Gasteiger charge is 2.16. The molecule has 23 heavy (non-hydrogen) atoms. The Morgan fingerprint density at radius 1 is 1.30 bits per heavy atom. The summed E-state index contributed by atoms with van der Waals surface area (Å²) < 4.78 is 3.50. The van der Waals surface area contributed by atoms with Crippen LogP contribution in [0.5, 0.6) is 0 Å². The lowest BCUT2D eigenvalue weighted by atomic mass is 10.1. The van der Waals surface area contributed by atoms with Gasteiger partial charge in [0.05, 0.1) is 11.0 Å². The van der Waals surface area contributed by atoms with E-state index in [1.807, 2.05) is 44.3 Å². The third kappa shape index (κ3) is 2.65. The van der Waals surface area contributed by atoms with E-state index in [-0.39, 0.29) is 5.69 Å². The van der Waals surface area contributed by atoms with Gasteiger partial charge in [-0.1, -0.05) is 31.2 Å². The number of allylic oxidation sites excluding steroid dienone is 5. The molecule has 0 saturated carbocycles. The molecule has 0 radical (unpaired) electrons. The molecule has 2 heterocycles. The van der Waals surface area contributed by atoms with Gasteiger partial charge in [0.2, 0.25) is 0 Å². The molecule has 4 heteroatoms. The molecule has 0 spiro atoms. The molecule has 1 aliphatic heterocycles. The predicted octanol–water partition coefficient (Wildman–Crippen LogP) is 3.41. The van der Waals surface area contributed by atoms with Crippen molar-refractivity contribution in [3.05, 3.63) is 64.2 Å². The number of aryl methyl sites for hydroxylation is 1. The van der Waals surface area contributed by atoms with Crippen LogP contribution in [-0.4, -0.2) is 15.7 Å². The van der Waals surface area contributed by atoms with E-state index < -0.39 is 0 Å². The van der Waals surface area contributed by atoms with Crippen LogP contribution in [0.25, 0.3) is 16.7 Å². The molecule has 1 aromatic heterocycles. The molecule has 1 fully saturated rings. The maximum Gasteiger partial charge on any atom is 0.333 e. The number of fused-ring (bicyclic) bond motifs is 1. The molecule has 0 aliphatic carbocycles. The Kier molecular flexibility index (Phi) is 4.24. The zero-order valence-electron chi connectivity index (χ0n) is 14.0. The first-order valence-electron chi connectivity index (χ1n) is 8.15. The van der Waals surface area contributed by atoms with Crippen LogP contribution in [0, 0.1) is 0 Å². The summed E-state index contributed by atoms with van der Waals surface area (Å²) in [5.41, 5.74) is 5.26. The van der Waals surface area contributed by atoms with Gasteiger partial charge in [0.15, 0.2) is 0 Å². The Balaban J connectivity index is 2.16. The van der Waals surface area contributed by atoms with Gasteiger partial charge in [-0.2, -0.15) is 0 Å². The summed E-state index contributed by atoms with van der Waals surface area (Å²) in [4.78, 5) is 12.7. The lowest BCUT2D eigenvalue weighted by molar-refractivity contribution is 0.854. The van der Waals surface area contributed by atoms with Crippen LogP contribution in [0.4, 0.5) is 0 Å². The quantitative estimate of drug-likeness (QED) is 0.943. The summed E-state index contributed by atoms with van der Waals surface area (Å²) in [5, 5.41) is 3.42. The van der Waals surface area contributed by atoms with E-state index in [1.165, 1.54) is 11.3 Å². The standard InChI is InChI=1S/C19H23N3O/c1-4-8-16-14(11-12-20-16)13-15(5-2)22-18-10-7-6-9-17(18)21(3)19(22)23/h5-10,13,20H,4,11-12H2,1-3H3/b14-13-,15-5+,16-8+. The third-order valence-electron chi connectivity index (χ3n) is 4.30. The third-order valence-corrected chi connectivity index (χ3v) is 4.30. The molecule has 1 aliphatic rings. The minimum absolute atomic E-state index is 0.0110. The SMILES string of the molecule is C\C=C(/C=C1/CCN/C1=C/CC)n1c(=O)n(C)c2ccccc21. The van der Waals surface area contributed by atoms with Crippen LogP contribution in [-0.2, 0) is 7.05 Å². The van der Waals surface area contributed by atoms with E-state index in [4.69, 9.17) is 0 Å². The molecule has 1 saturated heterocycles. The fraction of sp³-hybridized carbons (Fsp3) is 0.316. The Morgan fingerprint density at radius 2 is 2.04 bits per heavy atom. The van der Waals surface area contributed by atoms with Gasteiger partial charge in [-0.15, -0.1) is 0 Å². The summed E-state index contributed by atoms with van der Waals surface area (Å²) in [6.45, 7) is 5.07. The van der Waals surface area contributed by atoms with Crippen molar-refractivity contribution in [2.45, 2.75) is 26.7 Å². The van der Waals surface area contributed by atoms with E-state index in [0.29, 0.717) is 0 Å². The number of rotatable bonds is 3. The van der Waals surface area contributed by atoms with Crippen molar-refractivity contribution >= 4 is 16.7 Å². The number of para-hydroxylation sites is 2. The Hall–Kier alpha value is -2.49. The zero-order chi connectivity index (χ0) is 16.4. The van der Waals surface area contributed by atoms with E-state index in [2.05, 4.69) is 24.4 Å². The van der Waals surface area contributed by atoms with Crippen molar-refractivity contribution in [3.8, 4) is 0 Å². The number of nitrogens with zero attached hydrogens (tertiary/aromatic N) is 2. The topological polar surface area (TPSA) is 39.0 Å². The summed E-state index contributed by atoms with van der Waals surface area (Å²) in [5.74, 6) is 0. The predicted molar refractivity (Wildman–Crippen MR) is 96.2 cm³/mol. The van der Waals surface area contributed by atoms with Gasteiger partial charge in [0.1, 0.15) is 0 Å². The van der Waals surface area contributed by atoms with Crippen LogP contribution < -0.4 is 11.0 Å². The second kappa shape index (κ2) is 6.32. The number of hydrogen-bond donors (Lipinski definition) is 1. The van der Waals surface area contributed by atoms with Gasteiger partial charge in [-0.05, 0) is 43.5 Å². The van der Waals surface area contributed by atoms with E-state index in [9.17, 15) is 4.79 Å². The van der Waals surface area contributed by atoms with Gasteiger partial charge in [0, 0.05) is 25.0 Å². The number of imidazole rings is 1. The molecular weight excluding hydrogens is 286 g/mol. The summed E-state index contributed by atoms with van der Waals surface area (Å²) in [6, 6.07) is 7.91. The van der Waals surface area contributed by atoms with Gasteiger partial charge < -0.3 is 5.32 Å². The fourth-order valence-electron chi connectivity index (χ4n) is 3.14. The highest BCUT2D eigenvalue weighted by atomic mass is 16.1. The Morgan fingerprint density at radius 3 is 2.74 bits per heavy atom. The number of hydrogen-bond acceptors (Lipinski definition) is 2. The first kappa shape index (κ1) is 15.4. The molecule has 4 nitrogen and oxygen atoms in total. The molecule has 0 atom stereocenters. The monoisotopic (exact) mass is 309 g/mol. The number of nitrogens with one attached hydrogen (secondary N) is 1. The summed E-state index contributed by atoms with van der Waals surface area (Å²) >= 11 is 0. The minimum Gasteiger partial charge on any atom is -0.385 e. The van der Waals surface area contributed by atoms with E-state index in [0.717, 1.165) is 36.1 Å².